The summed E-state index contributed by atoms with van der Waals surface area (Å²) < 4.78 is 26.3. The fraction of sp³-hybridized carbons (Fsp3) is 0. The van der Waals surface area contributed by atoms with Crippen LogP contribution >= 0.6 is 0 Å². The van der Waals surface area contributed by atoms with Gasteiger partial charge in [0.25, 0.3) is 0 Å². The molecule has 0 saturated heterocycles. The highest BCUT2D eigenvalue weighted by molar-refractivity contribution is 6.79. The molecule has 14 rings (SSSR count). The number of rotatable bonds is 6. The molecule has 0 amide bonds. The van der Waals surface area contributed by atoms with E-state index in [1.54, 1.807) is 0 Å². The highest BCUT2D eigenvalue weighted by Crippen LogP contribution is 2.43. The molecule has 0 aliphatic rings. The Balaban J connectivity index is 0.885. The molecule has 0 aliphatic carbocycles. The van der Waals surface area contributed by atoms with E-state index in [1.807, 2.05) is 24.3 Å². The first-order chi connectivity index (χ1) is 32.7. The van der Waals surface area contributed by atoms with Crippen molar-refractivity contribution in [1.29, 1.82) is 0 Å². The minimum atomic E-state index is -1.31. The van der Waals surface area contributed by atoms with Gasteiger partial charge in [0.1, 0.15) is 0 Å². The number of fused-ring (bicyclic) bond motifs is 14. The minimum Gasteiger partial charge on any atom is -0.322 e. The predicted molar refractivity (Wildman–Crippen MR) is 276 cm³/mol. The molecule has 0 fully saturated rings. The molecule has 0 atom stereocenters. The van der Waals surface area contributed by atoms with Crippen molar-refractivity contribution in [3.63, 3.8) is 0 Å². The van der Waals surface area contributed by atoms with E-state index in [1.165, 1.54) is 43.1 Å². The van der Waals surface area contributed by atoms with Crippen LogP contribution in [0.15, 0.2) is 231 Å². The lowest BCUT2D eigenvalue weighted by molar-refractivity contribution is 0.865. The van der Waals surface area contributed by atoms with Crippen LogP contribution in [0.1, 0.15) is 0 Å². The van der Waals surface area contributed by atoms with Crippen molar-refractivity contribution in [3.05, 3.63) is 231 Å². The summed E-state index contributed by atoms with van der Waals surface area (Å²) in [6.45, 7) is -1.31. The lowest BCUT2D eigenvalue weighted by atomic mass is 9.58. The van der Waals surface area contributed by atoms with Crippen LogP contribution in [0, 0.1) is 0 Å². The van der Waals surface area contributed by atoms with Crippen LogP contribution in [-0.2, 0) is 0 Å². The summed E-state index contributed by atoms with van der Waals surface area (Å²) in [4.78, 5) is 0. The number of benzene rings is 10. The quantitative estimate of drug-likeness (QED) is 0.149. The Hall–Kier alpha value is -8.61. The zero-order valence-electron chi connectivity index (χ0n) is 35.7. The molecule has 0 spiro atoms. The fourth-order valence-corrected chi connectivity index (χ4v) is 11.0. The highest BCUT2D eigenvalue weighted by atomic mass is 19.1. The zero-order chi connectivity index (χ0) is 43.5. The molecule has 4 heterocycles. The van der Waals surface area contributed by atoms with Crippen molar-refractivity contribution in [2.75, 3.05) is 0 Å². The molecule has 0 unspecified atom stereocenters. The summed E-state index contributed by atoms with van der Waals surface area (Å²) in [6.07, 6.45) is 0. The summed E-state index contributed by atoms with van der Waals surface area (Å²) >= 11 is 0. The van der Waals surface area contributed by atoms with E-state index in [4.69, 9.17) is 0 Å². The molecule has 0 aliphatic heterocycles. The summed E-state index contributed by atoms with van der Waals surface area (Å²) in [6, 6.07) is 80.9. The Kier molecular flexibility index (Phi) is 7.93. The standard InChI is InChI=1S/C60H38BFN4/c62-61(39-27-31-43(32-28-39)65-51-23-11-7-19-45(51)47-35-37-55-57(59(47)65)49-21-9-13-25-53(49)63(55)41-15-3-1-4-16-41)40-29-33-44(34-30-40)66-52-24-12-8-20-46(52)48-36-38-56-58(60(48)66)50-22-10-14-26-54(50)64(56)42-17-5-2-6-18-42/h1-38H. The maximum absolute atomic E-state index is 16.9. The van der Waals surface area contributed by atoms with Crippen LogP contribution in [0.2, 0.25) is 0 Å². The van der Waals surface area contributed by atoms with Gasteiger partial charge in [0.15, 0.2) is 0 Å². The van der Waals surface area contributed by atoms with E-state index in [0.717, 1.165) is 66.9 Å². The summed E-state index contributed by atoms with van der Waals surface area (Å²) in [5.41, 5.74) is 14.6. The van der Waals surface area contributed by atoms with Crippen molar-refractivity contribution in [1.82, 2.24) is 18.3 Å². The minimum absolute atomic E-state index is 0.616. The largest absolute Gasteiger partial charge is 0.413 e. The molecule has 14 aromatic rings. The van der Waals surface area contributed by atoms with E-state index < -0.39 is 6.99 Å². The third-order valence-corrected chi connectivity index (χ3v) is 13.9. The lowest BCUT2D eigenvalue weighted by Crippen LogP contribution is -2.38. The van der Waals surface area contributed by atoms with E-state index in [0.29, 0.717) is 10.9 Å². The molecule has 0 saturated carbocycles. The van der Waals surface area contributed by atoms with Gasteiger partial charge in [-0.1, -0.05) is 146 Å². The number of hydrogen-bond acceptors (Lipinski definition) is 0. The number of hydrogen-bond donors (Lipinski definition) is 0. The van der Waals surface area contributed by atoms with Crippen molar-refractivity contribution in [2.45, 2.75) is 0 Å². The smallest absolute Gasteiger partial charge is 0.322 e. The van der Waals surface area contributed by atoms with Gasteiger partial charge in [-0.25, -0.2) is 0 Å². The van der Waals surface area contributed by atoms with Crippen LogP contribution in [0.3, 0.4) is 0 Å². The van der Waals surface area contributed by atoms with Gasteiger partial charge in [0.2, 0.25) is 0 Å². The van der Waals surface area contributed by atoms with Crippen LogP contribution in [0.25, 0.3) is 110 Å². The van der Waals surface area contributed by atoms with Gasteiger partial charge in [-0.3, -0.25) is 0 Å². The maximum Gasteiger partial charge on any atom is 0.413 e. The Morgan fingerprint density at radius 2 is 0.561 bits per heavy atom. The monoisotopic (exact) mass is 844 g/mol. The maximum atomic E-state index is 16.9. The first-order valence-corrected chi connectivity index (χ1v) is 22.6. The predicted octanol–water partition coefficient (Wildman–Crippen LogP) is 14.2. The molecule has 66 heavy (non-hydrogen) atoms. The number of nitrogens with zero attached hydrogens (tertiary/aromatic N) is 4. The Morgan fingerprint density at radius 3 is 0.955 bits per heavy atom. The van der Waals surface area contributed by atoms with Crippen molar-refractivity contribution >= 4 is 105 Å². The Morgan fingerprint density at radius 1 is 0.242 bits per heavy atom. The van der Waals surface area contributed by atoms with Crippen molar-refractivity contribution in [3.8, 4) is 22.7 Å². The molecular weight excluding hydrogens is 806 g/mol. The van der Waals surface area contributed by atoms with Crippen LogP contribution in [0.5, 0.6) is 0 Å². The van der Waals surface area contributed by atoms with Crippen molar-refractivity contribution < 1.29 is 4.32 Å². The molecule has 4 nitrogen and oxygen atoms in total. The zero-order valence-corrected chi connectivity index (χ0v) is 35.7. The number of para-hydroxylation sites is 6. The average molecular weight is 845 g/mol. The molecule has 0 N–H and O–H groups in total. The topological polar surface area (TPSA) is 19.7 Å². The molecule has 308 valence electrons. The second-order valence-electron chi connectivity index (χ2n) is 17.3. The first-order valence-electron chi connectivity index (χ1n) is 22.6. The van der Waals surface area contributed by atoms with E-state index in [2.05, 4.69) is 225 Å². The van der Waals surface area contributed by atoms with Gasteiger partial charge < -0.3 is 22.6 Å². The third kappa shape index (κ3) is 5.21. The van der Waals surface area contributed by atoms with Gasteiger partial charge in [-0.2, -0.15) is 0 Å². The average Bonchev–Trinajstić information content (AvgIpc) is 4.12. The molecular formula is C60H38BFN4. The molecule has 0 bridgehead atoms. The Bertz CT molecular complexity index is 3940. The van der Waals surface area contributed by atoms with Gasteiger partial charge in [-0.15, -0.1) is 0 Å². The van der Waals surface area contributed by atoms with Gasteiger partial charge in [-0.05, 0) is 95.9 Å². The molecule has 4 aromatic heterocycles. The van der Waals surface area contributed by atoms with Crippen LogP contribution in [-0.4, -0.2) is 25.3 Å². The molecule has 10 aromatic carbocycles. The van der Waals surface area contributed by atoms with E-state index >= 15 is 4.32 Å². The fourth-order valence-electron chi connectivity index (χ4n) is 11.0. The second-order valence-corrected chi connectivity index (χ2v) is 17.3. The van der Waals surface area contributed by atoms with Crippen LogP contribution < -0.4 is 10.9 Å². The van der Waals surface area contributed by atoms with Gasteiger partial charge in [0, 0.05) is 65.8 Å². The summed E-state index contributed by atoms with van der Waals surface area (Å²) in [5, 5.41) is 9.52. The normalized spacial score (nSPS) is 12.0. The highest BCUT2D eigenvalue weighted by Gasteiger charge is 2.25. The summed E-state index contributed by atoms with van der Waals surface area (Å²) in [5.74, 6) is 0. The number of halogens is 1. The van der Waals surface area contributed by atoms with Crippen LogP contribution in [0.4, 0.5) is 4.32 Å². The summed E-state index contributed by atoms with van der Waals surface area (Å²) in [7, 11) is 0. The van der Waals surface area contributed by atoms with Crippen molar-refractivity contribution in [2.24, 2.45) is 0 Å². The third-order valence-electron chi connectivity index (χ3n) is 13.9. The van der Waals surface area contributed by atoms with E-state index in [9.17, 15) is 0 Å². The molecule has 6 heteroatoms. The van der Waals surface area contributed by atoms with Gasteiger partial charge >= 0.3 is 6.99 Å². The second kappa shape index (κ2) is 14.2. The Labute approximate surface area is 379 Å². The molecule has 0 radical (unpaired) electrons. The first kappa shape index (κ1) is 36.8. The number of aromatic nitrogens is 4. The van der Waals surface area contributed by atoms with Gasteiger partial charge in [0.05, 0.1) is 44.1 Å². The van der Waals surface area contributed by atoms with E-state index in [-0.39, 0.29) is 0 Å². The lowest BCUT2D eigenvalue weighted by Gasteiger charge is -2.13. The SMILES string of the molecule is FB(c1ccc(-n2c3ccccc3c3ccc4c(c5ccccc5n4-c4ccccc4)c32)cc1)c1ccc(-n2c3ccccc3c3ccc4c(c5ccccc5n4-c4ccccc4)c32)cc1.